The summed E-state index contributed by atoms with van der Waals surface area (Å²) in [6.07, 6.45) is -0.584. The molecule has 1 nitrogen and oxygen atoms in total. The summed E-state index contributed by atoms with van der Waals surface area (Å²) in [5, 5.41) is 10.6. The van der Waals surface area contributed by atoms with Crippen molar-refractivity contribution in [2.24, 2.45) is 0 Å². The molecule has 0 spiro atoms. The Morgan fingerprint density at radius 2 is 1.33 bits per heavy atom. The number of hydrogen-bond acceptors (Lipinski definition) is 1. The van der Waals surface area contributed by atoms with Gasteiger partial charge in [0.25, 0.3) is 0 Å². The van der Waals surface area contributed by atoms with E-state index in [-0.39, 0.29) is 0 Å². The summed E-state index contributed by atoms with van der Waals surface area (Å²) < 4.78 is 0.941. The molecule has 0 fully saturated rings. The third-order valence-electron chi connectivity index (χ3n) is 3.11. The van der Waals surface area contributed by atoms with Crippen molar-refractivity contribution in [1.29, 1.82) is 0 Å². The van der Waals surface area contributed by atoms with Gasteiger partial charge < -0.3 is 5.11 Å². The Morgan fingerprint density at radius 3 is 1.89 bits per heavy atom. The normalized spacial score (nSPS) is 12.7. The smallest absolute Gasteiger partial charge is 0.105 e. The van der Waals surface area contributed by atoms with Gasteiger partial charge in [-0.1, -0.05) is 72.2 Å². The Kier molecular flexibility index (Phi) is 4.20. The van der Waals surface area contributed by atoms with Gasteiger partial charge in [-0.25, -0.2) is 0 Å². The van der Waals surface area contributed by atoms with Crippen LogP contribution in [0.25, 0.3) is 0 Å². The summed E-state index contributed by atoms with van der Waals surface area (Å²) in [6, 6.07) is 15.9. The fraction of sp³-hybridized carbons (Fsp3) is 0.250. The summed E-state index contributed by atoms with van der Waals surface area (Å²) in [7, 11) is 0. The quantitative estimate of drug-likeness (QED) is 0.875. The summed E-state index contributed by atoms with van der Waals surface area (Å²) in [5.41, 5.74) is 3.09. The van der Waals surface area contributed by atoms with E-state index < -0.39 is 6.10 Å². The average Bonchev–Trinajstić information content (AvgIpc) is 2.38. The van der Waals surface area contributed by atoms with Gasteiger partial charge in [0, 0.05) is 4.47 Å². The van der Waals surface area contributed by atoms with Crippen LogP contribution in [-0.4, -0.2) is 5.11 Å². The van der Waals surface area contributed by atoms with E-state index in [1.807, 2.05) is 42.5 Å². The molecule has 0 bridgehead atoms. The highest BCUT2D eigenvalue weighted by atomic mass is 79.9. The van der Waals surface area contributed by atoms with Gasteiger partial charge in [0.15, 0.2) is 0 Å². The number of rotatable bonds is 3. The monoisotopic (exact) mass is 304 g/mol. The van der Waals surface area contributed by atoms with Crippen LogP contribution in [0.1, 0.15) is 42.6 Å². The molecule has 0 unspecified atom stereocenters. The maximum absolute atomic E-state index is 10.6. The predicted molar refractivity (Wildman–Crippen MR) is 78.7 cm³/mol. The molecule has 2 aromatic rings. The van der Waals surface area contributed by atoms with Gasteiger partial charge in [-0.15, -0.1) is 0 Å². The highest BCUT2D eigenvalue weighted by Gasteiger charge is 2.17. The molecule has 0 heterocycles. The average molecular weight is 305 g/mol. The van der Waals surface area contributed by atoms with Crippen LogP contribution in [-0.2, 0) is 0 Å². The molecule has 0 aliphatic carbocycles. The summed E-state index contributed by atoms with van der Waals surface area (Å²) in [5.74, 6) is 0.401. The van der Waals surface area contributed by atoms with Crippen molar-refractivity contribution < 1.29 is 5.11 Å². The maximum atomic E-state index is 10.6. The Bertz CT molecular complexity index is 534. The van der Waals surface area contributed by atoms with Crippen molar-refractivity contribution in [2.45, 2.75) is 25.9 Å². The van der Waals surface area contributed by atoms with Gasteiger partial charge in [-0.3, -0.25) is 0 Å². The van der Waals surface area contributed by atoms with Crippen molar-refractivity contribution in [3.63, 3.8) is 0 Å². The summed E-state index contributed by atoms with van der Waals surface area (Å²) in [4.78, 5) is 0. The lowest BCUT2D eigenvalue weighted by Crippen LogP contribution is -2.05. The number of hydrogen-bond donors (Lipinski definition) is 1. The first-order valence-electron chi connectivity index (χ1n) is 6.12. The molecule has 0 saturated carbocycles. The first-order valence-corrected chi connectivity index (χ1v) is 6.92. The van der Waals surface area contributed by atoms with Gasteiger partial charge in [-0.2, -0.15) is 0 Å². The zero-order valence-corrected chi connectivity index (χ0v) is 12.2. The maximum Gasteiger partial charge on any atom is 0.105 e. The molecule has 2 rings (SSSR count). The molecule has 0 aliphatic heterocycles. The number of aliphatic hydroxyl groups is 1. The van der Waals surface area contributed by atoms with Gasteiger partial charge in [0.1, 0.15) is 6.10 Å². The second kappa shape index (κ2) is 5.68. The molecule has 0 amide bonds. The lowest BCUT2D eigenvalue weighted by Gasteiger charge is -2.19. The van der Waals surface area contributed by atoms with Gasteiger partial charge >= 0.3 is 0 Å². The standard InChI is InChI=1S/C16H17BrO/c1-11(2)12-7-3-4-8-13(12)16(18)14-9-5-6-10-15(14)17/h3-11,16,18H,1-2H3/t16-/m0/s1. The molecule has 0 saturated heterocycles. The Morgan fingerprint density at radius 1 is 0.833 bits per heavy atom. The van der Waals surface area contributed by atoms with Crippen LogP contribution in [0.4, 0.5) is 0 Å². The molecule has 1 N–H and O–H groups in total. The van der Waals surface area contributed by atoms with Gasteiger partial charge in [0.2, 0.25) is 0 Å². The van der Waals surface area contributed by atoms with E-state index in [4.69, 9.17) is 0 Å². The number of halogens is 1. The van der Waals surface area contributed by atoms with Crippen LogP contribution in [0.5, 0.6) is 0 Å². The molecule has 0 aliphatic rings. The van der Waals surface area contributed by atoms with E-state index in [0.29, 0.717) is 5.92 Å². The second-order valence-electron chi connectivity index (χ2n) is 4.71. The Labute approximate surface area is 117 Å². The van der Waals surface area contributed by atoms with Crippen LogP contribution in [0.3, 0.4) is 0 Å². The molecule has 0 aromatic heterocycles. The van der Waals surface area contributed by atoms with Crippen LogP contribution < -0.4 is 0 Å². The molecule has 2 heteroatoms. The minimum absolute atomic E-state index is 0.401. The first kappa shape index (κ1) is 13.3. The molecule has 2 aromatic carbocycles. The van der Waals surface area contributed by atoms with Crippen LogP contribution >= 0.6 is 15.9 Å². The number of benzene rings is 2. The lowest BCUT2D eigenvalue weighted by atomic mass is 9.91. The second-order valence-corrected chi connectivity index (χ2v) is 5.56. The van der Waals surface area contributed by atoms with E-state index in [9.17, 15) is 5.11 Å². The molecule has 18 heavy (non-hydrogen) atoms. The van der Waals surface area contributed by atoms with Crippen LogP contribution in [0.15, 0.2) is 53.0 Å². The zero-order chi connectivity index (χ0) is 13.1. The van der Waals surface area contributed by atoms with Crippen LogP contribution in [0.2, 0.25) is 0 Å². The molecule has 0 radical (unpaired) electrons. The number of aliphatic hydroxyl groups excluding tert-OH is 1. The summed E-state index contributed by atoms with van der Waals surface area (Å²) >= 11 is 3.50. The van der Waals surface area contributed by atoms with E-state index in [0.717, 1.165) is 15.6 Å². The van der Waals surface area contributed by atoms with Crippen LogP contribution in [0, 0.1) is 0 Å². The van der Waals surface area contributed by atoms with E-state index in [1.165, 1.54) is 5.56 Å². The Balaban J connectivity index is 2.46. The van der Waals surface area contributed by atoms with Crippen molar-refractivity contribution in [1.82, 2.24) is 0 Å². The fourth-order valence-corrected chi connectivity index (χ4v) is 2.65. The first-order chi connectivity index (χ1) is 8.61. The Hall–Kier alpha value is -1.12. The SMILES string of the molecule is CC(C)c1ccccc1[C@H](O)c1ccccc1Br. The van der Waals surface area contributed by atoms with Crippen molar-refractivity contribution >= 4 is 15.9 Å². The lowest BCUT2D eigenvalue weighted by molar-refractivity contribution is 0.218. The van der Waals surface area contributed by atoms with E-state index in [1.54, 1.807) is 0 Å². The zero-order valence-electron chi connectivity index (χ0n) is 10.6. The third-order valence-corrected chi connectivity index (χ3v) is 3.83. The van der Waals surface area contributed by atoms with Crippen molar-refractivity contribution in [3.8, 4) is 0 Å². The minimum Gasteiger partial charge on any atom is -0.384 e. The molecule has 1 atom stereocenters. The molecular weight excluding hydrogens is 288 g/mol. The fourth-order valence-electron chi connectivity index (χ4n) is 2.15. The largest absolute Gasteiger partial charge is 0.384 e. The topological polar surface area (TPSA) is 20.2 Å². The van der Waals surface area contributed by atoms with E-state index in [2.05, 4.69) is 35.8 Å². The summed E-state index contributed by atoms with van der Waals surface area (Å²) in [6.45, 7) is 4.29. The highest BCUT2D eigenvalue weighted by Crippen LogP contribution is 2.32. The van der Waals surface area contributed by atoms with Gasteiger partial charge in [-0.05, 0) is 28.7 Å². The molecular formula is C16H17BrO. The van der Waals surface area contributed by atoms with Crippen molar-refractivity contribution in [3.05, 3.63) is 69.7 Å². The predicted octanol–water partition coefficient (Wildman–Crippen LogP) is 4.65. The third kappa shape index (κ3) is 2.65. The van der Waals surface area contributed by atoms with Gasteiger partial charge in [0.05, 0.1) is 0 Å². The minimum atomic E-state index is -0.584. The highest BCUT2D eigenvalue weighted by molar-refractivity contribution is 9.10. The molecule has 94 valence electrons. The van der Waals surface area contributed by atoms with Crippen molar-refractivity contribution in [2.75, 3.05) is 0 Å². The van der Waals surface area contributed by atoms with E-state index >= 15 is 0 Å².